The van der Waals surface area contributed by atoms with Crippen molar-refractivity contribution >= 4 is 28.0 Å². The Labute approximate surface area is 122 Å². The molecule has 1 saturated carbocycles. The number of hydrogen-bond acceptors (Lipinski definition) is 2. The molecule has 1 aliphatic rings. The molecule has 106 valence electrons. The van der Waals surface area contributed by atoms with Gasteiger partial charge < -0.3 is 14.1 Å². The van der Waals surface area contributed by atoms with Gasteiger partial charge in [0.05, 0.1) is 23.7 Å². The van der Waals surface area contributed by atoms with E-state index in [0.717, 1.165) is 6.54 Å². The summed E-state index contributed by atoms with van der Waals surface area (Å²) in [5, 5.41) is 15.0. The Balaban J connectivity index is 1.69. The van der Waals surface area contributed by atoms with E-state index in [1.54, 1.807) is 11.3 Å². The summed E-state index contributed by atoms with van der Waals surface area (Å²) in [7, 11) is 0. The van der Waals surface area contributed by atoms with Crippen LogP contribution < -0.4 is 0 Å². The van der Waals surface area contributed by atoms with Crippen LogP contribution in [-0.4, -0.2) is 20.2 Å². The fourth-order valence-electron chi connectivity index (χ4n) is 3.63. The van der Waals surface area contributed by atoms with Gasteiger partial charge in [0.25, 0.3) is 0 Å². The maximum absolute atomic E-state index is 10.6. The summed E-state index contributed by atoms with van der Waals surface area (Å²) < 4.78 is 4.50. The second kappa shape index (κ2) is 4.93. The highest BCUT2D eigenvalue weighted by Crippen LogP contribution is 2.30. The molecule has 1 fully saturated rings. The van der Waals surface area contributed by atoms with Crippen molar-refractivity contribution in [2.45, 2.75) is 44.8 Å². The molecule has 0 aliphatic heterocycles. The predicted molar refractivity (Wildman–Crippen MR) is 83.4 cm³/mol. The van der Waals surface area contributed by atoms with Crippen molar-refractivity contribution in [2.24, 2.45) is 5.92 Å². The van der Waals surface area contributed by atoms with Gasteiger partial charge in [-0.15, -0.1) is 11.3 Å². The number of thiophene rings is 1. The van der Waals surface area contributed by atoms with Crippen molar-refractivity contribution in [1.29, 1.82) is 0 Å². The van der Waals surface area contributed by atoms with E-state index in [-0.39, 0.29) is 6.10 Å². The molecule has 0 saturated heterocycles. The third kappa shape index (κ3) is 1.90. The average Bonchev–Trinajstić information content (AvgIpc) is 3.16. The van der Waals surface area contributed by atoms with Gasteiger partial charge in [-0.25, -0.2) is 0 Å². The maximum atomic E-state index is 10.6. The second-order valence-corrected chi connectivity index (χ2v) is 6.70. The van der Waals surface area contributed by atoms with E-state index in [0.29, 0.717) is 5.92 Å². The van der Waals surface area contributed by atoms with Crippen LogP contribution in [0.15, 0.2) is 29.1 Å². The molecule has 20 heavy (non-hydrogen) atoms. The van der Waals surface area contributed by atoms with E-state index in [4.69, 9.17) is 0 Å². The zero-order valence-electron chi connectivity index (χ0n) is 11.5. The molecule has 1 aliphatic carbocycles. The monoisotopic (exact) mass is 288 g/mol. The normalized spacial score (nSPS) is 19.1. The lowest BCUT2D eigenvalue weighted by Crippen LogP contribution is -2.27. The Morgan fingerprint density at radius 1 is 1.20 bits per heavy atom. The SMILES string of the molecule is OC(Cn1c2cscc2n2cccc12)C1CCCCC1. The Morgan fingerprint density at radius 2 is 2.00 bits per heavy atom. The smallest absolute Gasteiger partial charge is 0.117 e. The zero-order chi connectivity index (χ0) is 13.5. The Morgan fingerprint density at radius 3 is 2.85 bits per heavy atom. The average molecular weight is 288 g/mol. The van der Waals surface area contributed by atoms with Gasteiger partial charge >= 0.3 is 0 Å². The van der Waals surface area contributed by atoms with Crippen LogP contribution in [-0.2, 0) is 6.54 Å². The summed E-state index contributed by atoms with van der Waals surface area (Å²) in [5.74, 6) is 0.481. The molecule has 1 atom stereocenters. The van der Waals surface area contributed by atoms with Crippen LogP contribution in [0.25, 0.3) is 16.7 Å². The minimum absolute atomic E-state index is 0.218. The van der Waals surface area contributed by atoms with Crippen molar-refractivity contribution in [3.63, 3.8) is 0 Å². The molecule has 0 bridgehead atoms. The molecule has 0 spiro atoms. The largest absolute Gasteiger partial charge is 0.391 e. The summed E-state index contributed by atoms with van der Waals surface area (Å²) in [6.07, 6.45) is 8.16. The highest BCUT2D eigenvalue weighted by molar-refractivity contribution is 7.09. The number of hydrogen-bond donors (Lipinski definition) is 1. The standard InChI is InChI=1S/C16H20N2OS/c19-15(12-5-2-1-3-6-12)9-18-14-11-20-10-13(14)17-8-4-7-16(17)18/h4,7-8,10-12,15,19H,1-3,5-6,9H2. The van der Waals surface area contributed by atoms with Gasteiger partial charge in [-0.2, -0.15) is 0 Å². The van der Waals surface area contributed by atoms with Gasteiger partial charge in [0.1, 0.15) is 5.65 Å². The van der Waals surface area contributed by atoms with E-state index >= 15 is 0 Å². The molecule has 3 heterocycles. The van der Waals surface area contributed by atoms with Gasteiger partial charge in [0.15, 0.2) is 0 Å². The number of imidazole rings is 1. The van der Waals surface area contributed by atoms with Crippen molar-refractivity contribution in [1.82, 2.24) is 8.97 Å². The molecule has 3 aromatic rings. The van der Waals surface area contributed by atoms with E-state index in [1.807, 2.05) is 0 Å². The van der Waals surface area contributed by atoms with Crippen LogP contribution in [0.1, 0.15) is 32.1 Å². The lowest BCUT2D eigenvalue weighted by atomic mass is 9.85. The van der Waals surface area contributed by atoms with Gasteiger partial charge in [-0.05, 0) is 30.9 Å². The summed E-state index contributed by atoms with van der Waals surface area (Å²) in [6.45, 7) is 0.721. The molecule has 3 aromatic heterocycles. The molecule has 0 amide bonds. The van der Waals surface area contributed by atoms with Gasteiger partial charge in [-0.1, -0.05) is 19.3 Å². The van der Waals surface area contributed by atoms with E-state index < -0.39 is 0 Å². The fourth-order valence-corrected chi connectivity index (χ4v) is 4.44. The minimum Gasteiger partial charge on any atom is -0.391 e. The molecule has 4 heteroatoms. The molecule has 3 nitrogen and oxygen atoms in total. The maximum Gasteiger partial charge on any atom is 0.117 e. The summed E-state index contributed by atoms with van der Waals surface area (Å²) in [4.78, 5) is 0. The Bertz CT molecular complexity index is 669. The van der Waals surface area contributed by atoms with Crippen molar-refractivity contribution < 1.29 is 5.11 Å². The fraction of sp³-hybridized carbons (Fsp3) is 0.500. The van der Waals surface area contributed by atoms with Gasteiger partial charge in [-0.3, -0.25) is 0 Å². The van der Waals surface area contributed by atoms with Crippen LogP contribution in [0, 0.1) is 5.92 Å². The zero-order valence-corrected chi connectivity index (χ0v) is 12.4. The first-order chi connectivity index (χ1) is 9.84. The number of aliphatic hydroxyl groups is 1. The lowest BCUT2D eigenvalue weighted by molar-refractivity contribution is 0.0715. The quantitative estimate of drug-likeness (QED) is 0.778. The lowest BCUT2D eigenvalue weighted by Gasteiger charge is -2.27. The van der Waals surface area contributed by atoms with Crippen LogP contribution in [0.3, 0.4) is 0 Å². The van der Waals surface area contributed by atoms with Gasteiger partial charge in [0, 0.05) is 17.0 Å². The van der Waals surface area contributed by atoms with Crippen LogP contribution >= 0.6 is 11.3 Å². The minimum atomic E-state index is -0.218. The van der Waals surface area contributed by atoms with Crippen LogP contribution in [0.4, 0.5) is 0 Å². The number of aromatic nitrogens is 2. The Kier molecular flexibility index (Phi) is 3.08. The molecular formula is C16H20N2OS. The van der Waals surface area contributed by atoms with Crippen LogP contribution in [0.5, 0.6) is 0 Å². The first kappa shape index (κ1) is 12.5. The van der Waals surface area contributed by atoms with Crippen molar-refractivity contribution in [3.8, 4) is 0 Å². The molecule has 0 aromatic carbocycles. The second-order valence-electron chi connectivity index (χ2n) is 5.95. The van der Waals surface area contributed by atoms with Crippen molar-refractivity contribution in [2.75, 3.05) is 0 Å². The predicted octanol–water partition coefficient (Wildman–Crippen LogP) is 3.90. The number of rotatable bonds is 3. The third-order valence-electron chi connectivity index (χ3n) is 4.74. The number of nitrogens with zero attached hydrogens (tertiary/aromatic N) is 2. The van der Waals surface area contributed by atoms with Crippen molar-refractivity contribution in [3.05, 3.63) is 29.1 Å². The first-order valence-corrected chi connectivity index (χ1v) is 8.48. The molecule has 1 unspecified atom stereocenters. The summed E-state index contributed by atoms with van der Waals surface area (Å²) in [5.41, 5.74) is 3.70. The number of fused-ring (bicyclic) bond motifs is 3. The molecule has 1 N–H and O–H groups in total. The summed E-state index contributed by atoms with van der Waals surface area (Å²) in [6, 6.07) is 4.22. The third-order valence-corrected chi connectivity index (χ3v) is 5.46. The molecule has 4 rings (SSSR count). The van der Waals surface area contributed by atoms with E-state index in [9.17, 15) is 5.11 Å². The molecule has 0 radical (unpaired) electrons. The van der Waals surface area contributed by atoms with Gasteiger partial charge in [0.2, 0.25) is 0 Å². The Hall–Kier alpha value is -1.26. The first-order valence-electron chi connectivity index (χ1n) is 7.54. The van der Waals surface area contributed by atoms with E-state index in [2.05, 4.69) is 38.1 Å². The highest BCUT2D eigenvalue weighted by Gasteiger charge is 2.23. The molecular weight excluding hydrogens is 268 g/mol. The highest BCUT2D eigenvalue weighted by atomic mass is 32.1. The van der Waals surface area contributed by atoms with E-state index in [1.165, 1.54) is 48.8 Å². The van der Waals surface area contributed by atoms with Crippen LogP contribution in [0.2, 0.25) is 0 Å². The summed E-state index contributed by atoms with van der Waals surface area (Å²) >= 11 is 1.73. The number of aliphatic hydroxyl groups excluding tert-OH is 1. The topological polar surface area (TPSA) is 29.6 Å².